The van der Waals surface area contributed by atoms with Crippen LogP contribution < -0.4 is 15.8 Å². The number of urea groups is 1. The number of hydrogen-bond acceptors (Lipinski definition) is 3. The van der Waals surface area contributed by atoms with Gasteiger partial charge in [-0.05, 0) is 54.5 Å². The van der Waals surface area contributed by atoms with Crippen LogP contribution in [0, 0.1) is 5.92 Å². The number of hydrogen-bond donors (Lipinski definition) is 2. The highest BCUT2D eigenvalue weighted by atomic mass is 16.5. The fraction of sp³-hybridized carbons (Fsp3) is 0.364. The average molecular weight is 381 g/mol. The van der Waals surface area contributed by atoms with Gasteiger partial charge in [-0.25, -0.2) is 4.79 Å². The first-order valence-corrected chi connectivity index (χ1v) is 9.60. The first-order valence-electron chi connectivity index (χ1n) is 9.60. The second-order valence-electron chi connectivity index (χ2n) is 7.17. The molecular formula is C22H27N3O3. The second-order valence-corrected chi connectivity index (χ2v) is 7.17. The van der Waals surface area contributed by atoms with Crippen LogP contribution in [0.4, 0.5) is 4.79 Å². The fourth-order valence-electron chi connectivity index (χ4n) is 3.60. The Hall–Kier alpha value is -3.02. The van der Waals surface area contributed by atoms with Gasteiger partial charge in [-0.15, -0.1) is 0 Å². The Labute approximate surface area is 165 Å². The van der Waals surface area contributed by atoms with Crippen molar-refractivity contribution in [1.29, 1.82) is 0 Å². The normalized spacial score (nSPS) is 14.5. The van der Waals surface area contributed by atoms with Crippen LogP contribution in [-0.2, 0) is 13.0 Å². The zero-order valence-corrected chi connectivity index (χ0v) is 16.2. The van der Waals surface area contributed by atoms with Crippen molar-refractivity contribution in [3.63, 3.8) is 0 Å². The molecule has 3 N–H and O–H groups in total. The second kappa shape index (κ2) is 9.26. The van der Waals surface area contributed by atoms with Crippen LogP contribution in [0.15, 0.2) is 48.5 Å². The summed E-state index contributed by atoms with van der Waals surface area (Å²) in [5.41, 5.74) is 7.87. The van der Waals surface area contributed by atoms with Crippen molar-refractivity contribution in [3.8, 4) is 5.75 Å². The summed E-state index contributed by atoms with van der Waals surface area (Å²) in [6.07, 6.45) is 2.95. The van der Waals surface area contributed by atoms with E-state index in [2.05, 4.69) is 11.4 Å². The number of piperidine rings is 1. The van der Waals surface area contributed by atoms with E-state index in [-0.39, 0.29) is 6.03 Å². The third-order valence-corrected chi connectivity index (χ3v) is 5.29. The van der Waals surface area contributed by atoms with E-state index in [0.29, 0.717) is 18.0 Å². The first-order chi connectivity index (χ1) is 13.6. The molecule has 0 spiro atoms. The maximum atomic E-state index is 12.4. The molecule has 1 heterocycles. The van der Waals surface area contributed by atoms with Gasteiger partial charge < -0.3 is 20.7 Å². The highest BCUT2D eigenvalue weighted by Gasteiger charge is 2.23. The van der Waals surface area contributed by atoms with Gasteiger partial charge in [0, 0.05) is 25.2 Å². The molecule has 148 valence electrons. The van der Waals surface area contributed by atoms with Gasteiger partial charge in [0.25, 0.3) is 0 Å². The molecule has 1 fully saturated rings. The van der Waals surface area contributed by atoms with Crippen LogP contribution >= 0.6 is 0 Å². The lowest BCUT2D eigenvalue weighted by molar-refractivity contribution is 0.1000. The third-order valence-electron chi connectivity index (χ3n) is 5.29. The summed E-state index contributed by atoms with van der Waals surface area (Å²) in [7, 11) is 1.70. The van der Waals surface area contributed by atoms with E-state index in [1.165, 1.54) is 5.56 Å². The molecule has 0 unspecified atom stereocenters. The number of ether oxygens (including phenoxy) is 1. The van der Waals surface area contributed by atoms with Gasteiger partial charge in [-0.3, -0.25) is 4.79 Å². The molecule has 6 nitrogen and oxygen atoms in total. The monoisotopic (exact) mass is 381 g/mol. The van der Waals surface area contributed by atoms with Crippen LogP contribution in [0.1, 0.15) is 34.3 Å². The Morgan fingerprint density at radius 1 is 1.11 bits per heavy atom. The van der Waals surface area contributed by atoms with E-state index in [0.717, 1.165) is 43.7 Å². The van der Waals surface area contributed by atoms with E-state index in [4.69, 9.17) is 10.5 Å². The number of benzene rings is 2. The number of para-hydroxylation sites is 1. The molecule has 0 saturated carbocycles. The van der Waals surface area contributed by atoms with E-state index >= 15 is 0 Å². The number of carbonyl (C=O) groups excluding carboxylic acids is 2. The minimum absolute atomic E-state index is 0.0466. The van der Waals surface area contributed by atoms with Crippen LogP contribution in [0.2, 0.25) is 0 Å². The predicted molar refractivity (Wildman–Crippen MR) is 108 cm³/mol. The third kappa shape index (κ3) is 5.03. The van der Waals surface area contributed by atoms with Crippen LogP contribution in [0.5, 0.6) is 5.75 Å². The first kappa shape index (κ1) is 19.7. The standard InChI is InChI=1S/C22H27N3O3/c1-28-20-5-3-2-4-19(20)14-16-10-12-25(13-11-16)22(27)24-15-17-6-8-18(9-7-17)21(23)26/h2-9,16H,10-15H2,1H3,(H2,23,26)(H,24,27). The van der Waals surface area contributed by atoms with E-state index in [9.17, 15) is 9.59 Å². The lowest BCUT2D eigenvalue weighted by atomic mass is 9.90. The summed E-state index contributed by atoms with van der Waals surface area (Å²) in [5, 5.41) is 2.95. The minimum Gasteiger partial charge on any atom is -0.496 e. The largest absolute Gasteiger partial charge is 0.496 e. The molecule has 0 aromatic heterocycles. The maximum absolute atomic E-state index is 12.4. The van der Waals surface area contributed by atoms with E-state index < -0.39 is 5.91 Å². The molecule has 3 amide bonds. The van der Waals surface area contributed by atoms with Crippen LogP contribution in [0.25, 0.3) is 0 Å². The summed E-state index contributed by atoms with van der Waals surface area (Å²) in [6, 6.07) is 15.0. The van der Waals surface area contributed by atoms with Crippen LogP contribution in [0.3, 0.4) is 0 Å². The van der Waals surface area contributed by atoms with Gasteiger partial charge >= 0.3 is 6.03 Å². The lowest BCUT2D eigenvalue weighted by Crippen LogP contribution is -2.44. The molecule has 0 radical (unpaired) electrons. The quantitative estimate of drug-likeness (QED) is 0.807. The minimum atomic E-state index is -0.452. The Balaban J connectivity index is 1.45. The number of nitrogens with two attached hydrogens (primary N) is 1. The Morgan fingerprint density at radius 3 is 2.43 bits per heavy atom. The number of likely N-dealkylation sites (tertiary alicyclic amines) is 1. The summed E-state index contributed by atoms with van der Waals surface area (Å²) >= 11 is 0. The molecule has 0 aliphatic carbocycles. The smallest absolute Gasteiger partial charge is 0.317 e. The van der Waals surface area contributed by atoms with E-state index in [1.807, 2.05) is 23.1 Å². The summed E-state index contributed by atoms with van der Waals surface area (Å²) in [4.78, 5) is 25.4. The van der Waals surface area contributed by atoms with Crippen molar-refractivity contribution in [2.45, 2.75) is 25.8 Å². The fourth-order valence-corrected chi connectivity index (χ4v) is 3.60. The van der Waals surface area contributed by atoms with Gasteiger partial charge in [0.2, 0.25) is 5.91 Å². The van der Waals surface area contributed by atoms with Crippen molar-refractivity contribution >= 4 is 11.9 Å². The zero-order valence-electron chi connectivity index (χ0n) is 16.2. The van der Waals surface area contributed by atoms with Gasteiger partial charge in [0.15, 0.2) is 0 Å². The zero-order chi connectivity index (χ0) is 19.9. The van der Waals surface area contributed by atoms with Gasteiger partial charge in [-0.2, -0.15) is 0 Å². The average Bonchev–Trinajstić information content (AvgIpc) is 2.73. The SMILES string of the molecule is COc1ccccc1CC1CCN(C(=O)NCc2ccc(C(N)=O)cc2)CC1. The Morgan fingerprint density at radius 2 is 1.79 bits per heavy atom. The summed E-state index contributed by atoms with van der Waals surface area (Å²) in [6.45, 7) is 1.94. The van der Waals surface area contributed by atoms with Gasteiger partial charge in [0.1, 0.15) is 5.75 Å². The number of nitrogens with one attached hydrogen (secondary N) is 1. The molecule has 6 heteroatoms. The Kier molecular flexibility index (Phi) is 6.53. The molecule has 0 atom stereocenters. The van der Waals surface area contributed by atoms with Crippen molar-refractivity contribution in [3.05, 3.63) is 65.2 Å². The molecule has 3 rings (SSSR count). The number of primary amides is 1. The number of carbonyl (C=O) groups is 2. The Bertz CT molecular complexity index is 812. The van der Waals surface area contributed by atoms with Gasteiger partial charge in [-0.1, -0.05) is 30.3 Å². The molecule has 28 heavy (non-hydrogen) atoms. The molecular weight excluding hydrogens is 354 g/mol. The van der Waals surface area contributed by atoms with Crippen molar-refractivity contribution < 1.29 is 14.3 Å². The molecule has 1 saturated heterocycles. The number of nitrogens with zero attached hydrogens (tertiary/aromatic N) is 1. The summed E-state index contributed by atoms with van der Waals surface area (Å²) in [5.74, 6) is 1.04. The lowest BCUT2D eigenvalue weighted by Gasteiger charge is -2.32. The molecule has 0 bridgehead atoms. The number of rotatable bonds is 6. The molecule has 2 aromatic rings. The summed E-state index contributed by atoms with van der Waals surface area (Å²) < 4.78 is 5.44. The predicted octanol–water partition coefficient (Wildman–Crippen LogP) is 2.96. The van der Waals surface area contributed by atoms with Crippen molar-refractivity contribution in [1.82, 2.24) is 10.2 Å². The topological polar surface area (TPSA) is 84.7 Å². The van der Waals surface area contributed by atoms with E-state index in [1.54, 1.807) is 31.4 Å². The maximum Gasteiger partial charge on any atom is 0.317 e. The molecule has 1 aliphatic rings. The van der Waals surface area contributed by atoms with Crippen LogP contribution in [-0.4, -0.2) is 37.0 Å². The number of methoxy groups -OCH3 is 1. The van der Waals surface area contributed by atoms with Gasteiger partial charge in [0.05, 0.1) is 7.11 Å². The van der Waals surface area contributed by atoms with Crippen molar-refractivity contribution in [2.24, 2.45) is 11.7 Å². The van der Waals surface area contributed by atoms with Crippen molar-refractivity contribution in [2.75, 3.05) is 20.2 Å². The molecule has 2 aromatic carbocycles. The highest BCUT2D eigenvalue weighted by molar-refractivity contribution is 5.92. The molecule has 1 aliphatic heterocycles. The highest BCUT2D eigenvalue weighted by Crippen LogP contribution is 2.26. The number of amides is 3.